The quantitative estimate of drug-likeness (QED) is 0.677. The van der Waals surface area contributed by atoms with E-state index in [0.717, 1.165) is 6.42 Å². The smallest absolute Gasteiger partial charge is 0.261 e. The van der Waals surface area contributed by atoms with Crippen molar-refractivity contribution >= 4 is 27.9 Å². The van der Waals surface area contributed by atoms with E-state index >= 15 is 0 Å². The third kappa shape index (κ3) is 2.94. The molecule has 0 unspecified atom stereocenters. The minimum Gasteiger partial charge on any atom is -0.454 e. The predicted octanol–water partition coefficient (Wildman–Crippen LogP) is 2.61. The van der Waals surface area contributed by atoms with Gasteiger partial charge in [0.1, 0.15) is 11.6 Å². The Labute approximate surface area is 125 Å². The lowest BCUT2D eigenvalue weighted by Crippen LogP contribution is -2.25. The van der Waals surface area contributed by atoms with Crippen molar-refractivity contribution in [1.82, 2.24) is 5.32 Å². The van der Waals surface area contributed by atoms with Crippen LogP contribution in [0.25, 0.3) is 6.08 Å². The molecule has 0 fully saturated rings. The van der Waals surface area contributed by atoms with Gasteiger partial charge in [0, 0.05) is 6.54 Å². The Kier molecular flexibility index (Phi) is 4.64. The molecule has 5 nitrogen and oxygen atoms in total. The number of carbonyl (C=O) groups excluding carboxylic acids is 1. The number of fused-ring (bicyclic) bond motifs is 1. The first kappa shape index (κ1) is 14.4. The van der Waals surface area contributed by atoms with Crippen LogP contribution in [0.4, 0.5) is 0 Å². The molecule has 0 aromatic heterocycles. The Morgan fingerprint density at radius 2 is 2.35 bits per heavy atom. The number of hydrogen-bond acceptors (Lipinski definition) is 4. The fourth-order valence-electron chi connectivity index (χ4n) is 1.70. The Morgan fingerprint density at radius 1 is 1.55 bits per heavy atom. The Bertz CT molecular complexity index is 605. The van der Waals surface area contributed by atoms with Gasteiger partial charge >= 0.3 is 0 Å². The number of nitrogens with zero attached hydrogens (tertiary/aromatic N) is 1. The number of nitrogens with one attached hydrogen (secondary N) is 1. The van der Waals surface area contributed by atoms with Crippen molar-refractivity contribution in [2.45, 2.75) is 13.3 Å². The van der Waals surface area contributed by atoms with Gasteiger partial charge in [-0.25, -0.2) is 0 Å². The summed E-state index contributed by atoms with van der Waals surface area (Å²) in [5.74, 6) is 0.854. The number of benzene rings is 1. The summed E-state index contributed by atoms with van der Waals surface area (Å²) in [6, 6.07) is 5.42. The van der Waals surface area contributed by atoms with Gasteiger partial charge in [0.15, 0.2) is 11.5 Å². The first-order valence-electron chi connectivity index (χ1n) is 6.15. The molecule has 1 N–H and O–H groups in total. The normalized spacial score (nSPS) is 12.9. The van der Waals surface area contributed by atoms with Crippen molar-refractivity contribution in [3.8, 4) is 17.6 Å². The number of nitriles is 1. The highest BCUT2D eigenvalue weighted by Gasteiger charge is 2.19. The highest BCUT2D eigenvalue weighted by Crippen LogP contribution is 2.41. The summed E-state index contributed by atoms with van der Waals surface area (Å²) in [6.45, 7) is 2.66. The number of ether oxygens (including phenoxy) is 2. The van der Waals surface area contributed by atoms with E-state index in [9.17, 15) is 4.79 Å². The highest BCUT2D eigenvalue weighted by atomic mass is 79.9. The molecule has 1 aliphatic rings. The van der Waals surface area contributed by atoms with E-state index in [1.165, 1.54) is 6.08 Å². The van der Waals surface area contributed by atoms with E-state index in [1.54, 1.807) is 12.1 Å². The number of hydrogen-bond donors (Lipinski definition) is 1. The van der Waals surface area contributed by atoms with Crippen LogP contribution in [0.3, 0.4) is 0 Å². The summed E-state index contributed by atoms with van der Waals surface area (Å²) in [7, 11) is 0. The van der Waals surface area contributed by atoms with Gasteiger partial charge in [0.25, 0.3) is 5.91 Å². The van der Waals surface area contributed by atoms with Gasteiger partial charge in [-0.1, -0.05) is 6.92 Å². The SMILES string of the molecule is CCCNC(=O)/C(C#N)=C/c1ccc2c(c1Br)OCO2. The van der Waals surface area contributed by atoms with Crippen LogP contribution >= 0.6 is 15.9 Å². The van der Waals surface area contributed by atoms with Gasteiger partial charge in [-0.15, -0.1) is 0 Å². The fraction of sp³-hybridized carbons (Fsp3) is 0.286. The zero-order valence-corrected chi connectivity index (χ0v) is 12.5. The van der Waals surface area contributed by atoms with Crippen molar-refractivity contribution in [2.75, 3.05) is 13.3 Å². The van der Waals surface area contributed by atoms with E-state index < -0.39 is 0 Å². The van der Waals surface area contributed by atoms with E-state index in [0.29, 0.717) is 28.1 Å². The first-order valence-corrected chi connectivity index (χ1v) is 6.94. The molecule has 0 atom stereocenters. The van der Waals surface area contributed by atoms with Crippen LogP contribution in [0.5, 0.6) is 11.5 Å². The van der Waals surface area contributed by atoms with Crippen LogP contribution in [0.1, 0.15) is 18.9 Å². The van der Waals surface area contributed by atoms with E-state index in [1.807, 2.05) is 13.0 Å². The molecule has 0 bridgehead atoms. The van der Waals surface area contributed by atoms with Crippen LogP contribution in [0, 0.1) is 11.3 Å². The summed E-state index contributed by atoms with van der Waals surface area (Å²) in [5.41, 5.74) is 0.746. The van der Waals surface area contributed by atoms with Crippen LogP contribution in [0.2, 0.25) is 0 Å². The van der Waals surface area contributed by atoms with E-state index in [-0.39, 0.29) is 18.3 Å². The van der Waals surface area contributed by atoms with Crippen molar-refractivity contribution < 1.29 is 14.3 Å². The first-order chi connectivity index (χ1) is 9.67. The molecule has 2 rings (SSSR count). The minimum absolute atomic E-state index is 0.0537. The molecule has 20 heavy (non-hydrogen) atoms. The van der Waals surface area contributed by atoms with Gasteiger partial charge in [0.2, 0.25) is 6.79 Å². The summed E-state index contributed by atoms with van der Waals surface area (Å²) in [4.78, 5) is 11.8. The molecular formula is C14H13BrN2O3. The molecule has 0 aliphatic carbocycles. The lowest BCUT2D eigenvalue weighted by molar-refractivity contribution is -0.117. The van der Waals surface area contributed by atoms with Gasteiger partial charge in [-0.2, -0.15) is 5.26 Å². The van der Waals surface area contributed by atoms with Crippen LogP contribution in [-0.4, -0.2) is 19.2 Å². The summed E-state index contributed by atoms with van der Waals surface area (Å²) < 4.78 is 11.2. The second-order valence-electron chi connectivity index (χ2n) is 4.13. The van der Waals surface area contributed by atoms with Gasteiger partial charge in [-0.3, -0.25) is 4.79 Å². The summed E-state index contributed by atoms with van der Waals surface area (Å²) >= 11 is 3.40. The average molecular weight is 337 g/mol. The molecule has 1 aromatic carbocycles. The number of amides is 1. The van der Waals surface area contributed by atoms with Crippen molar-refractivity contribution in [2.24, 2.45) is 0 Å². The molecule has 1 aliphatic heterocycles. The van der Waals surface area contributed by atoms with E-state index in [2.05, 4.69) is 21.2 Å². The van der Waals surface area contributed by atoms with Crippen molar-refractivity contribution in [3.05, 3.63) is 27.7 Å². The van der Waals surface area contributed by atoms with Crippen LogP contribution in [-0.2, 0) is 4.79 Å². The predicted molar refractivity (Wildman–Crippen MR) is 77.2 cm³/mol. The zero-order chi connectivity index (χ0) is 14.5. The lowest BCUT2D eigenvalue weighted by Gasteiger charge is -2.05. The Balaban J connectivity index is 2.29. The zero-order valence-electron chi connectivity index (χ0n) is 10.9. The molecule has 1 amide bonds. The molecule has 104 valence electrons. The molecule has 1 heterocycles. The van der Waals surface area contributed by atoms with Crippen molar-refractivity contribution in [3.63, 3.8) is 0 Å². The monoisotopic (exact) mass is 336 g/mol. The average Bonchev–Trinajstić information content (AvgIpc) is 2.93. The van der Waals surface area contributed by atoms with Gasteiger partial charge in [0.05, 0.1) is 4.47 Å². The maximum atomic E-state index is 11.8. The Hall–Kier alpha value is -2.00. The molecule has 0 saturated carbocycles. The van der Waals surface area contributed by atoms with Crippen molar-refractivity contribution in [1.29, 1.82) is 5.26 Å². The van der Waals surface area contributed by atoms with Crippen LogP contribution < -0.4 is 14.8 Å². The largest absolute Gasteiger partial charge is 0.454 e. The molecule has 0 radical (unpaired) electrons. The van der Waals surface area contributed by atoms with Crippen LogP contribution in [0.15, 0.2) is 22.2 Å². The second kappa shape index (κ2) is 6.44. The van der Waals surface area contributed by atoms with Gasteiger partial charge < -0.3 is 14.8 Å². The molecular weight excluding hydrogens is 324 g/mol. The lowest BCUT2D eigenvalue weighted by atomic mass is 10.1. The standard InChI is InChI=1S/C14H13BrN2O3/c1-2-5-17-14(18)10(7-16)6-9-3-4-11-13(12(9)15)20-8-19-11/h3-4,6H,2,5,8H2,1H3,(H,17,18)/b10-6+. The summed E-state index contributed by atoms with van der Waals surface area (Å²) in [6.07, 6.45) is 2.34. The maximum absolute atomic E-state index is 11.8. The van der Waals surface area contributed by atoms with Gasteiger partial charge in [-0.05, 0) is 46.1 Å². The molecule has 6 heteroatoms. The maximum Gasteiger partial charge on any atom is 0.261 e. The number of halogens is 1. The highest BCUT2D eigenvalue weighted by molar-refractivity contribution is 9.10. The summed E-state index contributed by atoms with van der Waals surface area (Å²) in [5, 5.41) is 11.8. The molecule has 0 spiro atoms. The topological polar surface area (TPSA) is 71.4 Å². The fourth-order valence-corrected chi connectivity index (χ4v) is 2.26. The number of rotatable bonds is 4. The molecule has 1 aromatic rings. The number of carbonyl (C=O) groups is 1. The Morgan fingerprint density at radius 3 is 3.05 bits per heavy atom. The minimum atomic E-state index is -0.376. The van der Waals surface area contributed by atoms with E-state index in [4.69, 9.17) is 14.7 Å². The second-order valence-corrected chi connectivity index (χ2v) is 4.92. The third-order valence-corrected chi connectivity index (χ3v) is 3.53. The third-order valence-electron chi connectivity index (χ3n) is 2.71. The molecule has 0 saturated heterocycles.